The van der Waals surface area contributed by atoms with Crippen LogP contribution in [-0.2, 0) is 11.3 Å². The van der Waals surface area contributed by atoms with Crippen LogP contribution in [0.25, 0.3) is 0 Å². The summed E-state index contributed by atoms with van der Waals surface area (Å²) in [5.74, 6) is 0.335. The SMILES string of the molecule is CC[C@@H]1N(Cc2cccs2)CCC[C@]12CCC(=O)N2C. The fraction of sp³-hybridized carbons (Fsp3) is 0.688. The zero-order valence-corrected chi connectivity index (χ0v) is 13.3. The monoisotopic (exact) mass is 292 g/mol. The Hall–Kier alpha value is -0.870. The predicted molar refractivity (Wildman–Crippen MR) is 82.8 cm³/mol. The maximum absolute atomic E-state index is 12.0. The first-order chi connectivity index (χ1) is 9.67. The molecule has 2 saturated heterocycles. The number of carbonyl (C=O) groups is 1. The number of piperidine rings is 1. The molecule has 2 fully saturated rings. The van der Waals surface area contributed by atoms with Gasteiger partial charge in [-0.25, -0.2) is 0 Å². The Morgan fingerprint density at radius 2 is 2.30 bits per heavy atom. The maximum atomic E-state index is 12.0. The van der Waals surface area contributed by atoms with Crippen LogP contribution in [0, 0.1) is 0 Å². The molecule has 3 nitrogen and oxygen atoms in total. The summed E-state index contributed by atoms with van der Waals surface area (Å²) in [6.07, 6.45) is 5.29. The Bertz CT molecular complexity index is 473. The Morgan fingerprint density at radius 3 is 2.90 bits per heavy atom. The van der Waals surface area contributed by atoms with Crippen LogP contribution < -0.4 is 0 Å². The lowest BCUT2D eigenvalue weighted by molar-refractivity contribution is -0.133. The van der Waals surface area contributed by atoms with Gasteiger partial charge in [0, 0.05) is 30.9 Å². The summed E-state index contributed by atoms with van der Waals surface area (Å²) < 4.78 is 0. The van der Waals surface area contributed by atoms with Crippen molar-refractivity contribution in [3.63, 3.8) is 0 Å². The first-order valence-corrected chi connectivity index (χ1v) is 8.58. The number of likely N-dealkylation sites (N-methyl/N-ethyl adjacent to an activating group) is 1. The van der Waals surface area contributed by atoms with Crippen LogP contribution >= 0.6 is 11.3 Å². The highest BCUT2D eigenvalue weighted by atomic mass is 32.1. The molecule has 2 aliphatic rings. The molecule has 0 N–H and O–H groups in total. The highest BCUT2D eigenvalue weighted by Crippen LogP contribution is 2.42. The molecular weight excluding hydrogens is 268 g/mol. The van der Waals surface area contributed by atoms with E-state index in [0.29, 0.717) is 11.9 Å². The molecule has 1 spiro atoms. The molecular formula is C16H24N2OS. The second kappa shape index (κ2) is 5.49. The van der Waals surface area contributed by atoms with Crippen molar-refractivity contribution in [3.05, 3.63) is 22.4 Å². The number of amides is 1. The topological polar surface area (TPSA) is 23.6 Å². The summed E-state index contributed by atoms with van der Waals surface area (Å²) in [6.45, 7) is 4.48. The van der Waals surface area contributed by atoms with Gasteiger partial charge in [0.05, 0.1) is 5.54 Å². The van der Waals surface area contributed by atoms with Gasteiger partial charge in [-0.1, -0.05) is 13.0 Å². The van der Waals surface area contributed by atoms with Crippen LogP contribution in [0.4, 0.5) is 0 Å². The Kier molecular flexibility index (Phi) is 3.87. The number of nitrogens with zero attached hydrogens (tertiary/aromatic N) is 2. The van der Waals surface area contributed by atoms with Gasteiger partial charge in [-0.05, 0) is 43.7 Å². The third-order valence-corrected chi connectivity index (χ3v) is 6.12. The second-order valence-corrected chi connectivity index (χ2v) is 7.17. The fourth-order valence-electron chi connectivity index (χ4n) is 4.27. The van der Waals surface area contributed by atoms with E-state index in [1.807, 2.05) is 18.4 Å². The molecule has 110 valence electrons. The molecule has 1 aromatic heterocycles. The number of likely N-dealkylation sites (tertiary alicyclic amines) is 2. The van der Waals surface area contributed by atoms with Crippen molar-refractivity contribution < 1.29 is 4.79 Å². The van der Waals surface area contributed by atoms with Gasteiger partial charge in [0.1, 0.15) is 0 Å². The second-order valence-electron chi connectivity index (χ2n) is 6.13. The zero-order valence-electron chi connectivity index (χ0n) is 12.5. The summed E-state index contributed by atoms with van der Waals surface area (Å²) in [5.41, 5.74) is 0.0986. The van der Waals surface area contributed by atoms with E-state index in [0.717, 1.165) is 25.8 Å². The first-order valence-electron chi connectivity index (χ1n) is 7.70. The number of thiophene rings is 1. The summed E-state index contributed by atoms with van der Waals surface area (Å²) in [7, 11) is 2.02. The lowest BCUT2D eigenvalue weighted by atomic mass is 9.77. The van der Waals surface area contributed by atoms with E-state index >= 15 is 0 Å². The molecule has 0 aliphatic carbocycles. The lowest BCUT2D eigenvalue weighted by Gasteiger charge is -2.51. The van der Waals surface area contributed by atoms with E-state index in [1.165, 1.54) is 24.3 Å². The predicted octanol–water partition coefficient (Wildman–Crippen LogP) is 3.11. The van der Waals surface area contributed by atoms with E-state index in [9.17, 15) is 4.79 Å². The van der Waals surface area contributed by atoms with Crippen molar-refractivity contribution in [1.29, 1.82) is 0 Å². The minimum atomic E-state index is 0.0986. The van der Waals surface area contributed by atoms with Gasteiger partial charge in [-0.3, -0.25) is 9.69 Å². The molecule has 1 amide bonds. The van der Waals surface area contributed by atoms with Gasteiger partial charge >= 0.3 is 0 Å². The molecule has 0 aromatic carbocycles. The zero-order chi connectivity index (χ0) is 14.2. The van der Waals surface area contributed by atoms with Gasteiger partial charge in [-0.15, -0.1) is 11.3 Å². The molecule has 20 heavy (non-hydrogen) atoms. The van der Waals surface area contributed by atoms with Crippen LogP contribution in [-0.4, -0.2) is 40.9 Å². The third-order valence-electron chi connectivity index (χ3n) is 5.26. The average molecular weight is 292 g/mol. The Morgan fingerprint density at radius 1 is 1.45 bits per heavy atom. The number of hydrogen-bond donors (Lipinski definition) is 0. The van der Waals surface area contributed by atoms with E-state index in [-0.39, 0.29) is 5.54 Å². The molecule has 2 aliphatic heterocycles. The molecule has 0 saturated carbocycles. The van der Waals surface area contributed by atoms with E-state index in [1.54, 1.807) is 0 Å². The molecule has 3 rings (SSSR count). The van der Waals surface area contributed by atoms with Gasteiger partial charge in [0.2, 0.25) is 5.91 Å². The highest BCUT2D eigenvalue weighted by molar-refractivity contribution is 7.09. The number of carbonyl (C=O) groups excluding carboxylic acids is 1. The summed E-state index contributed by atoms with van der Waals surface area (Å²) in [6, 6.07) is 4.86. The summed E-state index contributed by atoms with van der Waals surface area (Å²) in [4.78, 5) is 18.2. The smallest absolute Gasteiger partial charge is 0.222 e. The van der Waals surface area contributed by atoms with Gasteiger partial charge < -0.3 is 4.90 Å². The first kappa shape index (κ1) is 14.1. The standard InChI is InChI=1S/C16H24N2OS/c1-3-14-16(9-7-15(19)17(16)2)8-5-10-18(14)12-13-6-4-11-20-13/h4,6,11,14H,3,5,7-10,12H2,1-2H3/t14-,16-/m0/s1. The van der Waals surface area contributed by atoms with Crippen LogP contribution in [0.2, 0.25) is 0 Å². The molecule has 4 heteroatoms. The minimum Gasteiger partial charge on any atom is -0.338 e. The summed E-state index contributed by atoms with van der Waals surface area (Å²) in [5, 5.41) is 2.15. The van der Waals surface area contributed by atoms with Gasteiger partial charge in [0.25, 0.3) is 0 Å². The Balaban J connectivity index is 1.84. The van der Waals surface area contributed by atoms with Crippen molar-refractivity contribution >= 4 is 17.2 Å². The molecule has 1 aromatic rings. The maximum Gasteiger partial charge on any atom is 0.222 e. The lowest BCUT2D eigenvalue weighted by Crippen LogP contribution is -2.61. The molecule has 0 radical (unpaired) electrons. The average Bonchev–Trinajstić information content (AvgIpc) is 3.05. The minimum absolute atomic E-state index is 0.0986. The Labute approximate surface area is 125 Å². The van der Waals surface area contributed by atoms with E-state index in [2.05, 4.69) is 34.2 Å². The van der Waals surface area contributed by atoms with Crippen LogP contribution in [0.5, 0.6) is 0 Å². The quantitative estimate of drug-likeness (QED) is 0.854. The van der Waals surface area contributed by atoms with Gasteiger partial charge in [-0.2, -0.15) is 0 Å². The molecule has 2 atom stereocenters. The highest BCUT2D eigenvalue weighted by Gasteiger charge is 2.51. The number of hydrogen-bond acceptors (Lipinski definition) is 3. The fourth-order valence-corrected chi connectivity index (χ4v) is 5.00. The largest absolute Gasteiger partial charge is 0.338 e. The third kappa shape index (κ3) is 2.19. The van der Waals surface area contributed by atoms with Crippen molar-refractivity contribution in [2.45, 2.75) is 57.2 Å². The molecule has 3 heterocycles. The number of rotatable bonds is 3. The van der Waals surface area contributed by atoms with Crippen LogP contribution in [0.3, 0.4) is 0 Å². The summed E-state index contributed by atoms with van der Waals surface area (Å²) >= 11 is 1.84. The van der Waals surface area contributed by atoms with Crippen molar-refractivity contribution in [1.82, 2.24) is 9.80 Å². The van der Waals surface area contributed by atoms with Crippen molar-refractivity contribution in [2.75, 3.05) is 13.6 Å². The van der Waals surface area contributed by atoms with Crippen molar-refractivity contribution in [3.8, 4) is 0 Å². The van der Waals surface area contributed by atoms with E-state index < -0.39 is 0 Å². The van der Waals surface area contributed by atoms with Crippen LogP contribution in [0.1, 0.15) is 43.9 Å². The van der Waals surface area contributed by atoms with Crippen molar-refractivity contribution in [2.24, 2.45) is 0 Å². The van der Waals surface area contributed by atoms with Crippen LogP contribution in [0.15, 0.2) is 17.5 Å². The molecule has 0 bridgehead atoms. The normalized spacial score (nSPS) is 31.4. The van der Waals surface area contributed by atoms with E-state index in [4.69, 9.17) is 0 Å². The molecule has 0 unspecified atom stereocenters. The van der Waals surface area contributed by atoms with Gasteiger partial charge in [0.15, 0.2) is 0 Å².